The number of nitrogens with zero attached hydrogens (tertiary/aromatic N) is 6. The van der Waals surface area contributed by atoms with Crippen LogP contribution in [-0.4, -0.2) is 66.5 Å². The van der Waals surface area contributed by atoms with Crippen LogP contribution in [0.2, 0.25) is 0 Å². The molecule has 1 aliphatic heterocycles. The molecule has 2 aliphatic rings. The van der Waals surface area contributed by atoms with Gasteiger partial charge in [-0.05, 0) is 78.8 Å². The summed E-state index contributed by atoms with van der Waals surface area (Å²) in [7, 11) is 0. The second kappa shape index (κ2) is 14.2. The van der Waals surface area contributed by atoms with Gasteiger partial charge in [0.25, 0.3) is 11.5 Å². The van der Waals surface area contributed by atoms with Crippen molar-refractivity contribution in [3.8, 4) is 16.8 Å². The lowest BCUT2D eigenvalue weighted by Crippen LogP contribution is -2.45. The predicted octanol–water partition coefficient (Wildman–Crippen LogP) is 5.22. The molecular weight excluding hydrogens is 734 g/mol. The summed E-state index contributed by atoms with van der Waals surface area (Å²) in [6.45, 7) is 4.80. The molecule has 1 saturated carbocycles. The van der Waals surface area contributed by atoms with Crippen LogP contribution in [0.5, 0.6) is 0 Å². The van der Waals surface area contributed by atoms with Crippen molar-refractivity contribution < 1.29 is 13.6 Å². The first kappa shape index (κ1) is 34.1. The first-order valence-corrected chi connectivity index (χ1v) is 18.1. The highest BCUT2D eigenvalue weighted by Gasteiger charge is 2.29. The van der Waals surface area contributed by atoms with Crippen molar-refractivity contribution >= 4 is 38.5 Å². The predicted molar refractivity (Wildman–Crippen MR) is 197 cm³/mol. The van der Waals surface area contributed by atoms with Crippen molar-refractivity contribution in [2.75, 3.05) is 26.2 Å². The monoisotopic (exact) mass is 768 g/mol. The molecular formula is C38H35BrF2N8O3. The molecule has 52 heavy (non-hydrogen) atoms. The number of rotatable bonds is 7. The van der Waals surface area contributed by atoms with Gasteiger partial charge in [-0.2, -0.15) is 0 Å². The van der Waals surface area contributed by atoms with Crippen molar-refractivity contribution in [3.05, 3.63) is 127 Å². The van der Waals surface area contributed by atoms with Gasteiger partial charge in [-0.15, -0.1) is 0 Å². The summed E-state index contributed by atoms with van der Waals surface area (Å²) >= 11 is 3.77. The molecule has 2 aromatic carbocycles. The second-order valence-corrected chi connectivity index (χ2v) is 14.3. The Morgan fingerprint density at radius 2 is 1.75 bits per heavy atom. The molecule has 0 spiro atoms. The number of piperazine rings is 1. The molecule has 8 rings (SSSR count). The number of pyridine rings is 2. The van der Waals surface area contributed by atoms with E-state index in [1.165, 1.54) is 43.6 Å². The lowest BCUT2D eigenvalue weighted by molar-refractivity contribution is 0.0917. The van der Waals surface area contributed by atoms with Gasteiger partial charge in [0, 0.05) is 61.7 Å². The third-order valence-corrected chi connectivity index (χ3v) is 10.7. The second-order valence-electron chi connectivity index (χ2n) is 13.4. The third kappa shape index (κ3) is 6.69. The van der Waals surface area contributed by atoms with Crippen LogP contribution < -0.4 is 21.9 Å². The normalized spacial score (nSPS) is 18.2. The van der Waals surface area contributed by atoms with E-state index in [2.05, 4.69) is 59.6 Å². The topological polar surface area (TPSA) is 119 Å². The zero-order valence-electron chi connectivity index (χ0n) is 28.1. The minimum atomic E-state index is -0.680. The standard InChI is InChI=1S/C38H35BrF2N8O3/c39-32-16-23(20-46-14-12-42-13-15-46)4-10-30(32)24-2-1-3-29(17-24)48-35-31(18-26(41)19-43-35)37(51)49(38(48)52)28-8-6-27(7-9-28)44-36(50)33-22-47-21-25(40)5-11-34(47)45-33/h1-5,10-11,16-19,21-22,27-28,42H,6-9,12-15,20H2,(H,44,50)/t27-,28+. The van der Waals surface area contributed by atoms with E-state index >= 15 is 0 Å². The van der Waals surface area contributed by atoms with E-state index in [9.17, 15) is 23.2 Å². The van der Waals surface area contributed by atoms with E-state index in [1.54, 1.807) is 6.07 Å². The van der Waals surface area contributed by atoms with Gasteiger partial charge in [0.2, 0.25) is 0 Å². The molecule has 1 saturated heterocycles. The number of benzene rings is 2. The lowest BCUT2D eigenvalue weighted by Gasteiger charge is -2.30. The Morgan fingerprint density at radius 3 is 2.54 bits per heavy atom. The van der Waals surface area contributed by atoms with Crippen LogP contribution >= 0.6 is 15.9 Å². The van der Waals surface area contributed by atoms with Crippen LogP contribution in [0.3, 0.4) is 0 Å². The van der Waals surface area contributed by atoms with Crippen LogP contribution in [0.25, 0.3) is 33.5 Å². The van der Waals surface area contributed by atoms with E-state index in [-0.39, 0.29) is 28.7 Å². The maximum Gasteiger partial charge on any atom is 0.337 e. The van der Waals surface area contributed by atoms with Crippen molar-refractivity contribution in [2.45, 2.75) is 44.3 Å². The fourth-order valence-corrected chi connectivity index (χ4v) is 8.04. The van der Waals surface area contributed by atoms with Gasteiger partial charge in [0.15, 0.2) is 5.65 Å². The zero-order valence-corrected chi connectivity index (χ0v) is 29.7. The zero-order chi connectivity index (χ0) is 35.9. The quantitative estimate of drug-likeness (QED) is 0.229. The fraction of sp³-hybridized carbons (Fsp3) is 0.289. The third-order valence-electron chi connectivity index (χ3n) is 10.0. The Labute approximate surface area is 305 Å². The SMILES string of the molecule is O=C(N[C@H]1CC[C@@H](n2c(=O)c3cc(F)cnc3n(-c3cccc(-c4ccc(CN5CCNCC5)cc4Br)c3)c2=O)CC1)c1cn2cc(F)ccc2n1. The van der Waals surface area contributed by atoms with Crippen LogP contribution in [-0.2, 0) is 6.54 Å². The Morgan fingerprint density at radius 1 is 0.942 bits per heavy atom. The minimum absolute atomic E-state index is 0.00200. The number of imidazole rings is 1. The highest BCUT2D eigenvalue weighted by Crippen LogP contribution is 2.32. The molecule has 14 heteroatoms. The average molecular weight is 770 g/mol. The molecule has 0 bridgehead atoms. The van der Waals surface area contributed by atoms with Gasteiger partial charge in [0.05, 0.1) is 17.3 Å². The molecule has 1 aliphatic carbocycles. The Hall–Kier alpha value is -5.05. The molecule has 5 heterocycles. The van der Waals surface area contributed by atoms with Gasteiger partial charge in [-0.25, -0.2) is 28.1 Å². The van der Waals surface area contributed by atoms with Crippen LogP contribution in [0.1, 0.15) is 47.8 Å². The first-order valence-electron chi connectivity index (χ1n) is 17.3. The van der Waals surface area contributed by atoms with E-state index in [0.717, 1.165) is 60.6 Å². The molecule has 2 fully saturated rings. The molecule has 266 valence electrons. The summed E-state index contributed by atoms with van der Waals surface area (Å²) in [4.78, 5) is 52.2. The van der Waals surface area contributed by atoms with Crippen molar-refractivity contribution in [2.24, 2.45) is 0 Å². The number of fused-ring (bicyclic) bond motifs is 2. The summed E-state index contributed by atoms with van der Waals surface area (Å²) in [6, 6.07) is 16.9. The van der Waals surface area contributed by atoms with Crippen LogP contribution in [0.4, 0.5) is 8.78 Å². The number of carbonyl (C=O) groups is 1. The van der Waals surface area contributed by atoms with E-state index < -0.39 is 28.9 Å². The van der Waals surface area contributed by atoms with E-state index in [0.29, 0.717) is 37.0 Å². The fourth-order valence-electron chi connectivity index (χ4n) is 7.38. The Balaban J connectivity index is 1.07. The van der Waals surface area contributed by atoms with Crippen LogP contribution in [0, 0.1) is 11.6 Å². The maximum absolute atomic E-state index is 14.6. The largest absolute Gasteiger partial charge is 0.348 e. The number of halogens is 3. The first-order chi connectivity index (χ1) is 25.2. The van der Waals surface area contributed by atoms with Gasteiger partial charge in [0.1, 0.15) is 23.0 Å². The highest BCUT2D eigenvalue weighted by atomic mass is 79.9. The van der Waals surface area contributed by atoms with Gasteiger partial charge in [-0.1, -0.05) is 40.2 Å². The number of hydrogen-bond acceptors (Lipinski definition) is 7. The molecule has 0 unspecified atom stereocenters. The molecule has 6 aromatic rings. The van der Waals surface area contributed by atoms with Gasteiger partial charge < -0.3 is 15.0 Å². The minimum Gasteiger partial charge on any atom is -0.348 e. The Kier molecular flexibility index (Phi) is 9.28. The summed E-state index contributed by atoms with van der Waals surface area (Å²) < 4.78 is 33.2. The van der Waals surface area contributed by atoms with Crippen molar-refractivity contribution in [1.29, 1.82) is 0 Å². The van der Waals surface area contributed by atoms with E-state index in [4.69, 9.17) is 0 Å². The smallest absolute Gasteiger partial charge is 0.337 e. The summed E-state index contributed by atoms with van der Waals surface area (Å²) in [6.07, 6.45) is 5.58. The summed E-state index contributed by atoms with van der Waals surface area (Å²) in [5.74, 6) is -1.51. The molecule has 11 nitrogen and oxygen atoms in total. The maximum atomic E-state index is 14.6. The van der Waals surface area contributed by atoms with Gasteiger partial charge in [-0.3, -0.25) is 19.1 Å². The molecule has 0 atom stereocenters. The lowest BCUT2D eigenvalue weighted by atomic mass is 9.90. The number of carbonyl (C=O) groups excluding carboxylic acids is 1. The Bertz CT molecular complexity index is 2450. The summed E-state index contributed by atoms with van der Waals surface area (Å²) in [5.41, 5.74) is 2.98. The van der Waals surface area contributed by atoms with Crippen molar-refractivity contribution in [1.82, 2.24) is 39.0 Å². The van der Waals surface area contributed by atoms with E-state index in [1.807, 2.05) is 18.2 Å². The highest BCUT2D eigenvalue weighted by molar-refractivity contribution is 9.10. The molecule has 4 aromatic heterocycles. The molecule has 2 N–H and O–H groups in total. The number of aromatic nitrogens is 5. The van der Waals surface area contributed by atoms with Crippen LogP contribution in [0.15, 0.2) is 93.3 Å². The number of nitrogens with one attached hydrogen (secondary N) is 2. The van der Waals surface area contributed by atoms with Gasteiger partial charge >= 0.3 is 5.69 Å². The summed E-state index contributed by atoms with van der Waals surface area (Å²) in [5, 5.41) is 6.37. The molecule has 1 amide bonds. The number of hydrogen-bond donors (Lipinski definition) is 2. The average Bonchev–Trinajstić information content (AvgIpc) is 3.57. The number of amides is 1. The van der Waals surface area contributed by atoms with Crippen molar-refractivity contribution in [3.63, 3.8) is 0 Å². The molecule has 0 radical (unpaired) electrons.